The number of sulfone groups is 1. The summed E-state index contributed by atoms with van der Waals surface area (Å²) in [5, 5.41) is 4.24. The van der Waals surface area contributed by atoms with Crippen molar-refractivity contribution in [2.75, 3.05) is 25.3 Å². The van der Waals surface area contributed by atoms with Gasteiger partial charge >= 0.3 is 11.9 Å². The van der Waals surface area contributed by atoms with Crippen molar-refractivity contribution in [2.45, 2.75) is 67.7 Å². The van der Waals surface area contributed by atoms with E-state index in [4.69, 9.17) is 37.1 Å². The first-order valence-electron chi connectivity index (χ1n) is 17.3. The number of hydrogen-bond acceptors (Lipinski definition) is 11. The Bertz CT molecular complexity index is 2170. The molecule has 54 heavy (non-hydrogen) atoms. The Kier molecular flexibility index (Phi) is 13.2. The second kappa shape index (κ2) is 17.8. The molecule has 4 aromatic rings. The zero-order valence-electron chi connectivity index (χ0n) is 29.3. The van der Waals surface area contributed by atoms with Crippen LogP contribution in [-0.4, -0.2) is 73.7 Å². The molecule has 2 aliphatic rings. The van der Waals surface area contributed by atoms with Gasteiger partial charge < -0.3 is 24.1 Å². The quantitative estimate of drug-likeness (QED) is 0.0585. The molecule has 2 amide bonds. The van der Waals surface area contributed by atoms with Crippen LogP contribution in [0.5, 0.6) is 0 Å². The molecule has 0 bridgehead atoms. The molecule has 6 rings (SSSR count). The Labute approximate surface area is 331 Å². The molecule has 0 aliphatic carbocycles. The smallest absolute Gasteiger partial charge is 0.331 e. The number of unbranched alkanes of at least 4 members (excludes halogenated alkanes) is 1. The standard InChI is InChI=1S/C38H38Cl2N2O9S3/c1-54(47,48)28-7-4-5-23(17-28)18-31(38(46)51-22-50-33(43)8-3-2-6-27-13-16-52-53-27)41-36(44)34-30(39)19-26-21-42(14-11-29(26)35(34)40)37(45)25-10-9-24-12-15-49-32(24)20-25/h4-5,7,9-10,12,15,17,19-20,27,31H,2-3,6,8,11,13-14,16,18,21-22H2,1H3,(H,41,44)/t27-,31+/m1/s1. The zero-order chi connectivity index (χ0) is 38.4. The fraction of sp³-hybridized carbons (Fsp3) is 0.368. The highest BCUT2D eigenvalue weighted by Gasteiger charge is 2.31. The third kappa shape index (κ3) is 9.94. The summed E-state index contributed by atoms with van der Waals surface area (Å²) < 4.78 is 40.3. The van der Waals surface area contributed by atoms with E-state index in [9.17, 15) is 27.6 Å². The first-order valence-corrected chi connectivity index (χ1v) is 22.4. The Morgan fingerprint density at radius 3 is 2.67 bits per heavy atom. The van der Waals surface area contributed by atoms with Gasteiger partial charge in [-0.3, -0.25) is 14.4 Å². The van der Waals surface area contributed by atoms with Crippen LogP contribution >= 0.6 is 44.8 Å². The fourth-order valence-corrected chi connectivity index (χ4v) is 10.9. The Balaban J connectivity index is 1.13. The molecule has 1 fully saturated rings. The number of nitrogens with one attached hydrogen (secondary N) is 1. The summed E-state index contributed by atoms with van der Waals surface area (Å²) in [7, 11) is 0.193. The van der Waals surface area contributed by atoms with Crippen molar-refractivity contribution < 1.29 is 41.5 Å². The average Bonchev–Trinajstić information content (AvgIpc) is 3.84. The lowest BCUT2D eigenvalue weighted by atomic mass is 9.95. The maximum absolute atomic E-state index is 13.8. The topological polar surface area (TPSA) is 149 Å². The first-order chi connectivity index (χ1) is 25.9. The Morgan fingerprint density at radius 1 is 1.06 bits per heavy atom. The van der Waals surface area contributed by atoms with E-state index in [1.165, 1.54) is 24.6 Å². The van der Waals surface area contributed by atoms with Gasteiger partial charge in [0.05, 0.1) is 26.8 Å². The van der Waals surface area contributed by atoms with Gasteiger partial charge in [-0.1, -0.05) is 69.4 Å². The second-order valence-corrected chi connectivity index (χ2v) is 18.7. The SMILES string of the molecule is CS(=O)(=O)c1cccc(C[C@H](NC(=O)c2c(Cl)cc3c(c2Cl)CCN(C(=O)c2ccc4ccoc4c2)C3)C(=O)OCOC(=O)CCCC[C@@H]2CCSS2)c1. The van der Waals surface area contributed by atoms with Gasteiger partial charge in [-0.05, 0) is 78.8 Å². The molecule has 16 heteroatoms. The molecule has 0 unspecified atom stereocenters. The van der Waals surface area contributed by atoms with Crippen LogP contribution in [0.15, 0.2) is 70.2 Å². The van der Waals surface area contributed by atoms with E-state index in [1.54, 1.807) is 35.4 Å². The number of carbonyl (C=O) groups excluding carboxylic acids is 4. The van der Waals surface area contributed by atoms with E-state index in [2.05, 4.69) is 5.32 Å². The van der Waals surface area contributed by atoms with Crippen molar-refractivity contribution >= 4 is 89.3 Å². The summed E-state index contributed by atoms with van der Waals surface area (Å²) in [4.78, 5) is 54.7. The molecule has 0 radical (unpaired) electrons. The molecule has 1 saturated heterocycles. The number of furan rings is 1. The minimum atomic E-state index is -3.56. The predicted molar refractivity (Wildman–Crippen MR) is 210 cm³/mol. The van der Waals surface area contributed by atoms with Crippen LogP contribution in [0.25, 0.3) is 11.0 Å². The lowest BCUT2D eigenvalue weighted by Crippen LogP contribution is -2.44. The molecule has 11 nitrogen and oxygen atoms in total. The number of amides is 2. The number of halogens is 2. The van der Waals surface area contributed by atoms with Crippen molar-refractivity contribution in [3.05, 3.63) is 98.7 Å². The van der Waals surface area contributed by atoms with Crippen LogP contribution < -0.4 is 5.32 Å². The van der Waals surface area contributed by atoms with Gasteiger partial charge in [0.2, 0.25) is 6.79 Å². The number of nitrogens with zero attached hydrogens (tertiary/aromatic N) is 1. The van der Waals surface area contributed by atoms with E-state index in [0.717, 1.165) is 30.2 Å². The molecule has 0 spiro atoms. The second-order valence-electron chi connectivity index (χ2n) is 13.2. The van der Waals surface area contributed by atoms with Crippen molar-refractivity contribution in [3.63, 3.8) is 0 Å². The molecule has 2 aliphatic heterocycles. The largest absolute Gasteiger partial charge is 0.464 e. The van der Waals surface area contributed by atoms with Gasteiger partial charge in [-0.25, -0.2) is 13.2 Å². The molecule has 1 aromatic heterocycles. The number of rotatable bonds is 14. The van der Waals surface area contributed by atoms with Crippen LogP contribution in [0.3, 0.4) is 0 Å². The van der Waals surface area contributed by atoms with Gasteiger partial charge in [-0.2, -0.15) is 0 Å². The maximum Gasteiger partial charge on any atom is 0.331 e. The summed E-state index contributed by atoms with van der Waals surface area (Å²) in [6, 6.07) is 13.3. The number of carbonyl (C=O) groups is 4. The van der Waals surface area contributed by atoms with E-state index in [-0.39, 0.29) is 45.8 Å². The van der Waals surface area contributed by atoms with Gasteiger partial charge in [0.15, 0.2) is 9.84 Å². The van der Waals surface area contributed by atoms with Crippen LogP contribution in [0, 0.1) is 0 Å². The summed E-state index contributed by atoms with van der Waals surface area (Å²) in [6.45, 7) is -0.129. The Hall–Kier alpha value is -3.69. The summed E-state index contributed by atoms with van der Waals surface area (Å²) in [5.41, 5.74) is 2.75. The van der Waals surface area contributed by atoms with Crippen LogP contribution in [-0.2, 0) is 48.3 Å². The van der Waals surface area contributed by atoms with Crippen molar-refractivity contribution in [1.29, 1.82) is 0 Å². The van der Waals surface area contributed by atoms with Crippen molar-refractivity contribution in [1.82, 2.24) is 10.2 Å². The minimum absolute atomic E-state index is 0.00737. The summed E-state index contributed by atoms with van der Waals surface area (Å²) in [5.74, 6) is -1.24. The summed E-state index contributed by atoms with van der Waals surface area (Å²) >= 11 is 13.5. The molecular weight excluding hydrogens is 796 g/mol. The van der Waals surface area contributed by atoms with E-state index >= 15 is 0 Å². The highest BCUT2D eigenvalue weighted by atomic mass is 35.5. The number of hydrogen-bond donors (Lipinski definition) is 1. The highest BCUT2D eigenvalue weighted by molar-refractivity contribution is 8.77. The number of benzene rings is 3. The minimum Gasteiger partial charge on any atom is -0.464 e. The summed E-state index contributed by atoms with van der Waals surface area (Å²) in [6.07, 6.45) is 6.74. The number of ether oxygens (including phenoxy) is 2. The van der Waals surface area contributed by atoms with Crippen LogP contribution in [0.1, 0.15) is 69.5 Å². The lowest BCUT2D eigenvalue weighted by Gasteiger charge is -2.30. The predicted octanol–water partition coefficient (Wildman–Crippen LogP) is 7.44. The van der Waals surface area contributed by atoms with Gasteiger partial charge in [0, 0.05) is 54.1 Å². The highest BCUT2D eigenvalue weighted by Crippen LogP contribution is 2.40. The normalized spacial score (nSPS) is 16.1. The molecule has 0 saturated carbocycles. The maximum atomic E-state index is 13.8. The zero-order valence-corrected chi connectivity index (χ0v) is 33.3. The molecular formula is C38H38Cl2N2O9S3. The van der Waals surface area contributed by atoms with Gasteiger partial charge in [0.1, 0.15) is 11.6 Å². The van der Waals surface area contributed by atoms with Gasteiger partial charge in [-0.15, -0.1) is 0 Å². The van der Waals surface area contributed by atoms with Crippen molar-refractivity contribution in [2.24, 2.45) is 0 Å². The number of fused-ring (bicyclic) bond motifs is 2. The third-order valence-electron chi connectivity index (χ3n) is 9.28. The number of esters is 2. The van der Waals surface area contributed by atoms with Gasteiger partial charge in [0.25, 0.3) is 11.8 Å². The Morgan fingerprint density at radius 2 is 1.89 bits per heavy atom. The molecule has 2 atom stereocenters. The molecule has 3 heterocycles. The lowest BCUT2D eigenvalue weighted by molar-refractivity contribution is -0.168. The molecule has 3 aromatic carbocycles. The first kappa shape index (κ1) is 40.0. The van der Waals surface area contributed by atoms with Crippen LogP contribution in [0.4, 0.5) is 0 Å². The fourth-order valence-electron chi connectivity index (χ4n) is 6.40. The van der Waals surface area contributed by atoms with E-state index in [1.807, 2.05) is 33.7 Å². The van der Waals surface area contributed by atoms with E-state index in [0.29, 0.717) is 52.5 Å². The monoisotopic (exact) mass is 832 g/mol. The van der Waals surface area contributed by atoms with Crippen molar-refractivity contribution in [3.8, 4) is 0 Å². The van der Waals surface area contributed by atoms with E-state index < -0.39 is 40.5 Å². The molecule has 286 valence electrons. The van der Waals surface area contributed by atoms with Crippen LogP contribution in [0.2, 0.25) is 10.0 Å². The third-order valence-corrected chi connectivity index (χ3v) is 14.1. The molecule has 1 N–H and O–H groups in total. The average molecular weight is 834 g/mol.